The van der Waals surface area contributed by atoms with Crippen LogP contribution in [0.25, 0.3) is 0 Å². The topological polar surface area (TPSA) is 102 Å². The first-order valence-corrected chi connectivity index (χ1v) is 7.38. The number of carbonyl (C=O) groups is 2. The highest BCUT2D eigenvalue weighted by atomic mass is 16.7. The molecule has 3 unspecified atom stereocenters. The molecule has 7 nitrogen and oxygen atoms in total. The summed E-state index contributed by atoms with van der Waals surface area (Å²) in [6.07, 6.45) is 1.33. The Hall–Kier alpha value is -1.44. The second-order valence-corrected chi connectivity index (χ2v) is 5.23. The first-order chi connectivity index (χ1) is 10.5. The minimum absolute atomic E-state index is 0.241. The number of aliphatic hydroxyl groups is 2. The van der Waals surface area contributed by atoms with Crippen molar-refractivity contribution in [3.63, 3.8) is 0 Å². The molecule has 0 aromatic rings. The van der Waals surface area contributed by atoms with E-state index in [9.17, 15) is 14.7 Å². The number of ether oxygens (including phenoxy) is 3. The van der Waals surface area contributed by atoms with Gasteiger partial charge in [-0.05, 0) is 12.8 Å². The van der Waals surface area contributed by atoms with Crippen LogP contribution in [0.4, 0.5) is 0 Å². The van der Waals surface area contributed by atoms with E-state index in [1.807, 2.05) is 0 Å². The molecule has 1 aliphatic carbocycles. The smallest absolute Gasteiger partial charge is 0.332 e. The van der Waals surface area contributed by atoms with Crippen LogP contribution in [0.2, 0.25) is 0 Å². The summed E-state index contributed by atoms with van der Waals surface area (Å²) < 4.78 is 15.1. The Bertz CT molecular complexity index is 376. The summed E-state index contributed by atoms with van der Waals surface area (Å²) in [5.74, 6) is -1.50. The van der Waals surface area contributed by atoms with Gasteiger partial charge in [0.2, 0.25) is 6.29 Å². The van der Waals surface area contributed by atoms with E-state index in [0.717, 1.165) is 38.2 Å². The summed E-state index contributed by atoms with van der Waals surface area (Å²) in [6.45, 7) is 2.60. The van der Waals surface area contributed by atoms with Crippen LogP contribution in [0, 0.1) is 5.92 Å². The molecule has 0 radical (unpaired) electrons. The molecule has 1 saturated carbocycles. The van der Waals surface area contributed by atoms with E-state index in [1.165, 1.54) is 7.11 Å². The van der Waals surface area contributed by atoms with Gasteiger partial charge in [-0.3, -0.25) is 4.79 Å². The van der Waals surface area contributed by atoms with Crippen LogP contribution in [0.3, 0.4) is 0 Å². The molecule has 1 aliphatic rings. The third-order valence-corrected chi connectivity index (χ3v) is 3.66. The number of rotatable bonds is 8. The molecule has 0 bridgehead atoms. The average Bonchev–Trinajstić information content (AvgIpc) is 2.57. The van der Waals surface area contributed by atoms with Gasteiger partial charge >= 0.3 is 11.9 Å². The van der Waals surface area contributed by atoms with E-state index in [2.05, 4.69) is 6.58 Å². The predicted molar refractivity (Wildman–Crippen MR) is 76.6 cm³/mol. The van der Waals surface area contributed by atoms with Crippen molar-refractivity contribution in [3.8, 4) is 0 Å². The second-order valence-electron chi connectivity index (χ2n) is 5.23. The molecule has 0 aromatic carbocycles. The highest BCUT2D eigenvalue weighted by Crippen LogP contribution is 2.26. The molecule has 0 spiro atoms. The first kappa shape index (κ1) is 18.6. The summed E-state index contributed by atoms with van der Waals surface area (Å²) in [7, 11) is 1.24. The molecule has 7 heteroatoms. The standard InChI is InChI=1S/C15H24O7/c1-3-12(18)21-15(20-2)13(11(17)9-16)22-14(19)10-7-5-4-6-8-10/h3,10-11,13,15-17H,1,4-9H2,2H3. The average molecular weight is 316 g/mol. The number of hydrogen-bond donors (Lipinski definition) is 2. The van der Waals surface area contributed by atoms with Gasteiger partial charge in [0.25, 0.3) is 0 Å². The maximum atomic E-state index is 12.2. The summed E-state index contributed by atoms with van der Waals surface area (Å²) in [5, 5.41) is 18.9. The number of hydrogen-bond acceptors (Lipinski definition) is 7. The summed E-state index contributed by atoms with van der Waals surface area (Å²) in [5.41, 5.74) is 0. The number of aliphatic hydroxyl groups excluding tert-OH is 2. The molecular weight excluding hydrogens is 292 g/mol. The molecular formula is C15H24O7. The van der Waals surface area contributed by atoms with Crippen molar-refractivity contribution >= 4 is 11.9 Å². The van der Waals surface area contributed by atoms with Crippen molar-refractivity contribution in [2.45, 2.75) is 50.6 Å². The fraction of sp³-hybridized carbons (Fsp3) is 0.733. The molecule has 1 fully saturated rings. The van der Waals surface area contributed by atoms with Gasteiger partial charge in [-0.25, -0.2) is 4.79 Å². The zero-order chi connectivity index (χ0) is 16.5. The van der Waals surface area contributed by atoms with Crippen LogP contribution in [-0.2, 0) is 23.8 Å². The van der Waals surface area contributed by atoms with Crippen LogP contribution in [0.15, 0.2) is 12.7 Å². The molecule has 126 valence electrons. The van der Waals surface area contributed by atoms with Gasteiger partial charge in [0, 0.05) is 13.2 Å². The van der Waals surface area contributed by atoms with Crippen LogP contribution >= 0.6 is 0 Å². The van der Waals surface area contributed by atoms with E-state index in [0.29, 0.717) is 0 Å². The highest BCUT2D eigenvalue weighted by Gasteiger charge is 2.36. The van der Waals surface area contributed by atoms with E-state index in [4.69, 9.17) is 19.3 Å². The van der Waals surface area contributed by atoms with Crippen LogP contribution in [0.5, 0.6) is 0 Å². The fourth-order valence-electron chi connectivity index (χ4n) is 2.40. The molecule has 3 atom stereocenters. The lowest BCUT2D eigenvalue weighted by Gasteiger charge is -2.30. The molecule has 0 heterocycles. The molecule has 2 N–H and O–H groups in total. The van der Waals surface area contributed by atoms with E-state index < -0.39 is 37.0 Å². The predicted octanol–water partition coefficient (Wildman–Crippen LogP) is 0.533. The Morgan fingerprint density at radius 1 is 1.27 bits per heavy atom. The maximum absolute atomic E-state index is 12.2. The molecule has 1 rings (SSSR count). The Labute approximate surface area is 129 Å². The Balaban J connectivity index is 2.75. The third kappa shape index (κ3) is 5.40. The maximum Gasteiger partial charge on any atom is 0.332 e. The Kier molecular flexibility index (Phi) is 8.08. The zero-order valence-corrected chi connectivity index (χ0v) is 12.8. The van der Waals surface area contributed by atoms with Crippen molar-refractivity contribution in [3.05, 3.63) is 12.7 Å². The first-order valence-electron chi connectivity index (χ1n) is 7.38. The number of methoxy groups -OCH3 is 1. The van der Waals surface area contributed by atoms with Gasteiger partial charge in [-0.15, -0.1) is 0 Å². The number of esters is 2. The lowest BCUT2D eigenvalue weighted by Crippen LogP contribution is -2.47. The Morgan fingerprint density at radius 3 is 2.41 bits per heavy atom. The van der Waals surface area contributed by atoms with Gasteiger partial charge in [0.15, 0.2) is 6.10 Å². The lowest BCUT2D eigenvalue weighted by molar-refractivity contribution is -0.222. The minimum Gasteiger partial charge on any atom is -0.453 e. The monoisotopic (exact) mass is 316 g/mol. The van der Waals surface area contributed by atoms with Gasteiger partial charge in [0.05, 0.1) is 12.5 Å². The van der Waals surface area contributed by atoms with Gasteiger partial charge < -0.3 is 24.4 Å². The molecule has 22 heavy (non-hydrogen) atoms. The minimum atomic E-state index is -1.42. The molecule has 0 saturated heterocycles. The van der Waals surface area contributed by atoms with E-state index in [1.54, 1.807) is 0 Å². The third-order valence-electron chi connectivity index (χ3n) is 3.66. The van der Waals surface area contributed by atoms with Crippen molar-refractivity contribution < 1.29 is 34.0 Å². The second kappa shape index (κ2) is 9.55. The molecule has 0 aromatic heterocycles. The van der Waals surface area contributed by atoms with Crippen LogP contribution in [-0.4, -0.2) is 54.4 Å². The van der Waals surface area contributed by atoms with Gasteiger partial charge in [0.1, 0.15) is 6.10 Å². The SMILES string of the molecule is C=CC(=O)OC(OC)C(OC(=O)C1CCCCC1)C(O)CO. The summed E-state index contributed by atoms with van der Waals surface area (Å²) in [4.78, 5) is 23.5. The van der Waals surface area contributed by atoms with Gasteiger partial charge in [-0.2, -0.15) is 0 Å². The van der Waals surface area contributed by atoms with Gasteiger partial charge in [-0.1, -0.05) is 25.8 Å². The van der Waals surface area contributed by atoms with Crippen molar-refractivity contribution in [1.29, 1.82) is 0 Å². The lowest BCUT2D eigenvalue weighted by atomic mass is 9.89. The van der Waals surface area contributed by atoms with E-state index >= 15 is 0 Å². The quantitative estimate of drug-likeness (QED) is 0.382. The highest BCUT2D eigenvalue weighted by molar-refractivity contribution is 5.81. The summed E-state index contributed by atoms with van der Waals surface area (Å²) in [6, 6.07) is 0. The van der Waals surface area contributed by atoms with Crippen molar-refractivity contribution in [1.82, 2.24) is 0 Å². The summed E-state index contributed by atoms with van der Waals surface area (Å²) >= 11 is 0. The van der Waals surface area contributed by atoms with Crippen LogP contribution in [0.1, 0.15) is 32.1 Å². The fourth-order valence-corrected chi connectivity index (χ4v) is 2.40. The number of carbonyl (C=O) groups excluding carboxylic acids is 2. The van der Waals surface area contributed by atoms with Crippen molar-refractivity contribution in [2.24, 2.45) is 5.92 Å². The normalized spacial score (nSPS) is 19.8. The zero-order valence-electron chi connectivity index (χ0n) is 12.8. The molecule has 0 amide bonds. The Morgan fingerprint density at radius 2 is 1.91 bits per heavy atom. The van der Waals surface area contributed by atoms with Crippen molar-refractivity contribution in [2.75, 3.05) is 13.7 Å². The molecule has 0 aliphatic heterocycles. The largest absolute Gasteiger partial charge is 0.453 e. The van der Waals surface area contributed by atoms with E-state index in [-0.39, 0.29) is 5.92 Å². The van der Waals surface area contributed by atoms with Crippen LogP contribution < -0.4 is 0 Å².